The molecule has 150 valence electrons. The molecule has 1 aromatic carbocycles. The summed E-state index contributed by atoms with van der Waals surface area (Å²) in [7, 11) is 0. The number of alkyl halides is 3. The third-order valence-corrected chi connectivity index (χ3v) is 5.66. The summed E-state index contributed by atoms with van der Waals surface area (Å²) < 4.78 is 38.0. The Hall–Kier alpha value is -1.95. The first-order valence-corrected chi connectivity index (χ1v) is 9.99. The zero-order valence-corrected chi connectivity index (χ0v) is 17.0. The van der Waals surface area contributed by atoms with Gasteiger partial charge in [0.15, 0.2) is 0 Å². The minimum atomic E-state index is -4.27. The molecule has 0 aliphatic carbocycles. The van der Waals surface area contributed by atoms with Crippen LogP contribution in [0.4, 0.5) is 13.2 Å². The second-order valence-electron chi connectivity index (χ2n) is 7.68. The van der Waals surface area contributed by atoms with E-state index in [1.807, 2.05) is 6.92 Å². The van der Waals surface area contributed by atoms with Crippen LogP contribution in [-0.4, -0.2) is 28.0 Å². The number of pyridine rings is 1. The molecule has 2 aromatic rings. The van der Waals surface area contributed by atoms with E-state index in [-0.39, 0.29) is 0 Å². The van der Waals surface area contributed by atoms with E-state index >= 15 is 0 Å². The van der Waals surface area contributed by atoms with E-state index in [1.54, 1.807) is 12.1 Å². The average Bonchev–Trinajstić information content (AvgIpc) is 2.61. The predicted octanol–water partition coefficient (Wildman–Crippen LogP) is 5.54. The minimum Gasteiger partial charge on any atom is -0.366 e. The molecule has 0 radical (unpaired) electrons. The van der Waals surface area contributed by atoms with Crippen molar-refractivity contribution < 1.29 is 13.2 Å². The number of likely N-dealkylation sites (tertiary alicyclic amines) is 1. The van der Waals surface area contributed by atoms with Gasteiger partial charge in [0.1, 0.15) is 0 Å². The van der Waals surface area contributed by atoms with Gasteiger partial charge in [-0.3, -0.25) is 4.98 Å². The highest BCUT2D eigenvalue weighted by atomic mass is 32.1. The van der Waals surface area contributed by atoms with Gasteiger partial charge in [-0.05, 0) is 74.4 Å². The van der Waals surface area contributed by atoms with Gasteiger partial charge in [-0.25, -0.2) is 0 Å². The van der Waals surface area contributed by atoms with Gasteiger partial charge in [0, 0.05) is 30.9 Å². The lowest BCUT2D eigenvalue weighted by molar-refractivity contribution is -0.137. The molecule has 28 heavy (non-hydrogen) atoms. The largest absolute Gasteiger partial charge is 0.416 e. The van der Waals surface area contributed by atoms with Crippen molar-refractivity contribution in [3.8, 4) is 0 Å². The molecule has 1 aliphatic heterocycles. The van der Waals surface area contributed by atoms with Gasteiger partial charge in [0.05, 0.1) is 10.6 Å². The van der Waals surface area contributed by atoms with Crippen molar-refractivity contribution in [2.75, 3.05) is 13.1 Å². The summed E-state index contributed by atoms with van der Waals surface area (Å²) in [5, 5.41) is 0. The first kappa shape index (κ1) is 20.8. The first-order chi connectivity index (χ1) is 13.2. The molecular formula is C22H25F3N2S. The molecule has 0 unspecified atom stereocenters. The minimum absolute atomic E-state index is 0.482. The quantitative estimate of drug-likeness (QED) is 0.620. The summed E-state index contributed by atoms with van der Waals surface area (Å²) >= 11 is 5.64. The summed E-state index contributed by atoms with van der Waals surface area (Å²) in [4.78, 5) is 7.74. The summed E-state index contributed by atoms with van der Waals surface area (Å²) in [5.41, 5.74) is 3.59. The SMILES string of the molecule is Cc1cc(C)nc(CC(=S)N2CCC(Cc3ccc(C(F)(F)F)cc3)CC2)c1. The van der Waals surface area contributed by atoms with Gasteiger partial charge in [-0.15, -0.1) is 0 Å². The molecule has 1 fully saturated rings. The van der Waals surface area contributed by atoms with Crippen molar-refractivity contribution in [1.29, 1.82) is 0 Å². The second-order valence-corrected chi connectivity index (χ2v) is 8.15. The topological polar surface area (TPSA) is 16.1 Å². The van der Waals surface area contributed by atoms with E-state index in [0.29, 0.717) is 12.3 Å². The molecule has 1 saturated heterocycles. The van der Waals surface area contributed by atoms with Crippen molar-refractivity contribution in [2.24, 2.45) is 5.92 Å². The van der Waals surface area contributed by atoms with Crippen LogP contribution in [0.5, 0.6) is 0 Å². The molecule has 1 aliphatic rings. The number of rotatable bonds is 4. The fourth-order valence-corrected chi connectivity index (χ4v) is 4.16. The van der Waals surface area contributed by atoms with Crippen LogP contribution in [0.3, 0.4) is 0 Å². The standard InChI is InChI=1S/C22H25F3N2S/c1-15-11-16(2)26-20(12-15)14-21(28)27-9-7-18(8-10-27)13-17-3-5-19(6-4-17)22(23,24)25/h3-6,11-12,18H,7-10,13-14H2,1-2H3. The van der Waals surface area contributed by atoms with Crippen molar-refractivity contribution in [3.63, 3.8) is 0 Å². The van der Waals surface area contributed by atoms with E-state index in [2.05, 4.69) is 28.9 Å². The zero-order chi connectivity index (χ0) is 20.3. The number of nitrogens with zero attached hydrogens (tertiary/aromatic N) is 2. The van der Waals surface area contributed by atoms with Crippen molar-refractivity contribution in [1.82, 2.24) is 9.88 Å². The van der Waals surface area contributed by atoms with Crippen LogP contribution in [0.25, 0.3) is 0 Å². The Morgan fingerprint density at radius 3 is 2.32 bits per heavy atom. The van der Waals surface area contributed by atoms with Gasteiger partial charge >= 0.3 is 6.18 Å². The van der Waals surface area contributed by atoms with Crippen LogP contribution in [0.2, 0.25) is 0 Å². The Morgan fingerprint density at radius 2 is 1.75 bits per heavy atom. The van der Waals surface area contributed by atoms with E-state index < -0.39 is 11.7 Å². The number of thiocarbonyl (C=S) groups is 1. The molecule has 3 rings (SSSR count). The molecule has 0 atom stereocenters. The molecule has 0 amide bonds. The Morgan fingerprint density at radius 1 is 1.11 bits per heavy atom. The van der Waals surface area contributed by atoms with Gasteiger partial charge < -0.3 is 4.90 Å². The van der Waals surface area contributed by atoms with E-state index in [4.69, 9.17) is 12.2 Å². The molecule has 6 heteroatoms. The Bertz CT molecular complexity index is 802. The average molecular weight is 407 g/mol. The summed E-state index contributed by atoms with van der Waals surface area (Å²) in [6.07, 6.45) is -0.772. The number of hydrogen-bond donors (Lipinski definition) is 0. The van der Waals surface area contributed by atoms with Gasteiger partial charge in [0.2, 0.25) is 0 Å². The molecule has 2 heterocycles. The lowest BCUT2D eigenvalue weighted by atomic mass is 9.90. The molecule has 0 saturated carbocycles. The highest BCUT2D eigenvalue weighted by Crippen LogP contribution is 2.30. The van der Waals surface area contributed by atoms with Gasteiger partial charge in [-0.1, -0.05) is 24.4 Å². The van der Waals surface area contributed by atoms with Crippen LogP contribution in [0, 0.1) is 19.8 Å². The maximum atomic E-state index is 12.7. The Balaban J connectivity index is 1.50. The van der Waals surface area contributed by atoms with Crippen LogP contribution < -0.4 is 0 Å². The molecule has 0 N–H and O–H groups in total. The fourth-order valence-electron chi connectivity index (χ4n) is 3.83. The van der Waals surface area contributed by atoms with Crippen LogP contribution >= 0.6 is 12.2 Å². The van der Waals surface area contributed by atoms with Crippen molar-refractivity contribution in [2.45, 2.75) is 45.7 Å². The number of aromatic nitrogens is 1. The third-order valence-electron chi connectivity index (χ3n) is 5.26. The molecule has 1 aromatic heterocycles. The van der Waals surface area contributed by atoms with Crippen LogP contribution in [0.1, 0.15) is 40.9 Å². The number of piperidine rings is 1. The van der Waals surface area contributed by atoms with E-state index in [1.165, 1.54) is 17.7 Å². The fraction of sp³-hybridized carbons (Fsp3) is 0.455. The number of aryl methyl sites for hydroxylation is 2. The summed E-state index contributed by atoms with van der Waals surface area (Å²) in [6.45, 7) is 5.85. The molecule has 0 bridgehead atoms. The Labute approximate surface area is 169 Å². The number of hydrogen-bond acceptors (Lipinski definition) is 2. The predicted molar refractivity (Wildman–Crippen MR) is 109 cm³/mol. The second kappa shape index (κ2) is 8.60. The van der Waals surface area contributed by atoms with Crippen molar-refractivity contribution >= 4 is 17.2 Å². The number of benzene rings is 1. The Kier molecular flexibility index (Phi) is 6.38. The van der Waals surface area contributed by atoms with Crippen LogP contribution in [0.15, 0.2) is 36.4 Å². The third kappa shape index (κ3) is 5.53. The smallest absolute Gasteiger partial charge is 0.366 e. The highest BCUT2D eigenvalue weighted by molar-refractivity contribution is 7.80. The summed E-state index contributed by atoms with van der Waals surface area (Å²) in [6, 6.07) is 9.69. The zero-order valence-electron chi connectivity index (χ0n) is 16.2. The first-order valence-electron chi connectivity index (χ1n) is 9.59. The monoisotopic (exact) mass is 406 g/mol. The maximum absolute atomic E-state index is 12.7. The molecule has 2 nitrogen and oxygen atoms in total. The van der Waals surface area contributed by atoms with Crippen molar-refractivity contribution in [3.05, 3.63) is 64.5 Å². The van der Waals surface area contributed by atoms with Gasteiger partial charge in [0.25, 0.3) is 0 Å². The van der Waals surface area contributed by atoms with E-state index in [0.717, 1.165) is 54.3 Å². The van der Waals surface area contributed by atoms with Crippen LogP contribution in [-0.2, 0) is 19.0 Å². The number of halogens is 3. The summed E-state index contributed by atoms with van der Waals surface area (Å²) in [5.74, 6) is 0.482. The highest BCUT2D eigenvalue weighted by Gasteiger charge is 2.30. The lowest BCUT2D eigenvalue weighted by Crippen LogP contribution is -2.39. The van der Waals surface area contributed by atoms with E-state index in [9.17, 15) is 13.2 Å². The normalized spacial score (nSPS) is 15.7. The lowest BCUT2D eigenvalue weighted by Gasteiger charge is -2.34. The molecular weight excluding hydrogens is 381 g/mol. The van der Waals surface area contributed by atoms with Gasteiger partial charge in [-0.2, -0.15) is 13.2 Å². The maximum Gasteiger partial charge on any atom is 0.416 e. The molecule has 0 spiro atoms.